The predicted molar refractivity (Wildman–Crippen MR) is 113 cm³/mol. The van der Waals surface area contributed by atoms with E-state index < -0.39 is 24.0 Å². The number of hydrogen-bond donors (Lipinski definition) is 0. The smallest absolute Gasteiger partial charge is 0.391 e. The van der Waals surface area contributed by atoms with Gasteiger partial charge in [0, 0.05) is 12.7 Å². The molecule has 0 bridgehead atoms. The Bertz CT molecular complexity index is 1150. The zero-order chi connectivity index (χ0) is 23.8. The summed E-state index contributed by atoms with van der Waals surface area (Å²) in [6.07, 6.45) is -0.778. The average Bonchev–Trinajstić information content (AvgIpc) is 3.39. The van der Waals surface area contributed by atoms with Crippen molar-refractivity contribution in [3.05, 3.63) is 23.9 Å². The maximum Gasteiger partial charge on any atom is 0.391 e. The fourth-order valence-electron chi connectivity index (χ4n) is 4.05. The summed E-state index contributed by atoms with van der Waals surface area (Å²) in [4.78, 5) is 20.3. The second kappa shape index (κ2) is 9.94. The van der Waals surface area contributed by atoms with E-state index in [0.717, 1.165) is 0 Å². The molecular weight excluding hydrogens is 460 g/mol. The lowest BCUT2D eigenvalue weighted by molar-refractivity contribution is -0.184. The topological polar surface area (TPSA) is 96.9 Å². The number of carbonyl (C=O) groups excluding carboxylic acids is 1. The number of carbonyl (C=O) groups is 1. The van der Waals surface area contributed by atoms with Crippen molar-refractivity contribution in [3.63, 3.8) is 0 Å². The third-order valence-corrected chi connectivity index (χ3v) is 5.74. The molecule has 0 aromatic carbocycles. The molecule has 0 amide bonds. The van der Waals surface area contributed by atoms with Gasteiger partial charge in [-0.2, -0.15) is 27.6 Å². The minimum Gasteiger partial charge on any atom is -0.479 e. The number of esters is 1. The van der Waals surface area contributed by atoms with E-state index in [4.69, 9.17) is 9.47 Å². The van der Waals surface area contributed by atoms with Gasteiger partial charge in [-0.1, -0.05) is 7.43 Å². The van der Waals surface area contributed by atoms with Crippen LogP contribution in [0.3, 0.4) is 0 Å². The Morgan fingerprint density at radius 3 is 2.53 bits per heavy atom. The minimum atomic E-state index is -4.19. The van der Waals surface area contributed by atoms with Gasteiger partial charge >= 0.3 is 12.1 Å². The van der Waals surface area contributed by atoms with Crippen LogP contribution >= 0.6 is 0 Å². The van der Waals surface area contributed by atoms with Crippen molar-refractivity contribution in [1.29, 1.82) is 0 Å². The average molecular weight is 486 g/mol. The van der Waals surface area contributed by atoms with Gasteiger partial charge in [-0.05, 0) is 38.5 Å². The number of fused-ring (bicyclic) bond motifs is 1. The maximum absolute atomic E-state index is 14.7. The Hall–Kier alpha value is -3.25. The summed E-state index contributed by atoms with van der Waals surface area (Å²) < 4.78 is 66.3. The van der Waals surface area contributed by atoms with Crippen molar-refractivity contribution in [2.75, 3.05) is 13.7 Å². The van der Waals surface area contributed by atoms with E-state index in [9.17, 15) is 22.4 Å². The first kappa shape index (κ1) is 25.4. The normalized spacial score (nSPS) is 18.5. The van der Waals surface area contributed by atoms with Gasteiger partial charge in [-0.15, -0.1) is 5.10 Å². The molecule has 0 N–H and O–H groups in total. The first-order valence-electron chi connectivity index (χ1n) is 10.5. The van der Waals surface area contributed by atoms with Crippen molar-refractivity contribution in [2.24, 2.45) is 11.8 Å². The summed E-state index contributed by atoms with van der Waals surface area (Å²) in [5.74, 6) is -2.84. The fourth-order valence-corrected chi connectivity index (χ4v) is 4.05. The number of halogens is 4. The molecule has 9 nitrogen and oxygen atoms in total. The summed E-state index contributed by atoms with van der Waals surface area (Å²) in [7, 11) is 1.35. The van der Waals surface area contributed by atoms with Crippen LogP contribution in [0.25, 0.3) is 17.0 Å². The maximum atomic E-state index is 14.7. The molecule has 3 aromatic heterocycles. The highest BCUT2D eigenvalue weighted by molar-refractivity contribution is 5.88. The van der Waals surface area contributed by atoms with Crippen molar-refractivity contribution in [1.82, 2.24) is 29.5 Å². The van der Waals surface area contributed by atoms with Gasteiger partial charge in [0.2, 0.25) is 5.88 Å². The first-order valence-corrected chi connectivity index (χ1v) is 10.5. The quantitative estimate of drug-likeness (QED) is 0.378. The van der Waals surface area contributed by atoms with Crippen LogP contribution in [0.5, 0.6) is 5.88 Å². The highest BCUT2D eigenvalue weighted by atomic mass is 19.4. The molecule has 1 aliphatic carbocycles. The van der Waals surface area contributed by atoms with Gasteiger partial charge in [0.05, 0.1) is 31.4 Å². The molecule has 1 fully saturated rings. The lowest BCUT2D eigenvalue weighted by atomic mass is 9.81. The minimum absolute atomic E-state index is 0. The summed E-state index contributed by atoms with van der Waals surface area (Å²) >= 11 is 0. The van der Waals surface area contributed by atoms with E-state index in [2.05, 4.69) is 20.2 Å². The molecule has 3 aromatic rings. The van der Waals surface area contributed by atoms with Crippen molar-refractivity contribution >= 4 is 17.0 Å². The molecule has 4 rings (SSSR count). The largest absolute Gasteiger partial charge is 0.479 e. The Labute approximate surface area is 193 Å². The van der Waals surface area contributed by atoms with Crippen molar-refractivity contribution < 1.29 is 31.8 Å². The Balaban J connectivity index is 0.00000324. The third-order valence-electron chi connectivity index (χ3n) is 5.74. The molecule has 0 saturated heterocycles. The molecule has 1 aliphatic rings. The molecule has 0 radical (unpaired) electrons. The zero-order valence-corrected chi connectivity index (χ0v) is 18.0. The SMILES string of the molecule is C.CCOC(=O)c1cnn(-c2nc(OC)c3c(n2)c(F)nn3CC2CCC(C(F)(F)F)CC2)c1. The fraction of sp³-hybridized carbons (Fsp3) is 0.571. The van der Waals surface area contributed by atoms with Crippen LogP contribution in [0.2, 0.25) is 0 Å². The highest BCUT2D eigenvalue weighted by Gasteiger charge is 2.41. The van der Waals surface area contributed by atoms with Crippen LogP contribution in [-0.2, 0) is 11.3 Å². The Morgan fingerprint density at radius 2 is 1.91 bits per heavy atom. The van der Waals surface area contributed by atoms with Crippen molar-refractivity contribution in [2.45, 2.75) is 52.8 Å². The number of rotatable bonds is 6. The lowest BCUT2D eigenvalue weighted by Crippen LogP contribution is -2.29. The second-order valence-corrected chi connectivity index (χ2v) is 7.86. The van der Waals surface area contributed by atoms with Crippen LogP contribution < -0.4 is 4.74 Å². The summed E-state index contributed by atoms with van der Waals surface area (Å²) in [6.45, 7) is 2.09. The summed E-state index contributed by atoms with van der Waals surface area (Å²) in [6, 6.07) is 0. The molecule has 1 saturated carbocycles. The van der Waals surface area contributed by atoms with Gasteiger partial charge < -0.3 is 9.47 Å². The molecule has 186 valence electrons. The van der Waals surface area contributed by atoms with Crippen LogP contribution in [-0.4, -0.2) is 55.4 Å². The molecule has 13 heteroatoms. The van der Waals surface area contributed by atoms with Crippen molar-refractivity contribution in [3.8, 4) is 11.8 Å². The predicted octanol–water partition coefficient (Wildman–Crippen LogP) is 4.34. The summed E-state index contributed by atoms with van der Waals surface area (Å²) in [5.41, 5.74) is 0.258. The van der Waals surface area contributed by atoms with E-state index in [1.54, 1.807) is 6.92 Å². The standard InChI is InChI=1S/C20H22F4N6O3.CH4/c1-3-33-18(31)12-8-25-30(10-12)19-26-14-15(17(27-19)32-2)29(28-16(14)21)9-11-4-6-13(7-5-11)20(22,23)24;/h8,10-11,13H,3-7,9H2,1-2H3;1H4. The monoisotopic (exact) mass is 486 g/mol. The summed E-state index contributed by atoms with van der Waals surface area (Å²) in [5, 5.41) is 7.92. The van der Waals surface area contributed by atoms with E-state index in [-0.39, 0.29) is 67.8 Å². The van der Waals surface area contributed by atoms with E-state index in [1.807, 2.05) is 0 Å². The molecular formula is C21H26F4N6O3. The molecule has 0 unspecified atom stereocenters. The van der Waals surface area contributed by atoms with Crippen LogP contribution in [0.1, 0.15) is 50.4 Å². The highest BCUT2D eigenvalue weighted by Crippen LogP contribution is 2.40. The molecule has 0 spiro atoms. The van der Waals surface area contributed by atoms with Crippen LogP contribution in [0.15, 0.2) is 12.4 Å². The lowest BCUT2D eigenvalue weighted by Gasteiger charge is -2.29. The number of methoxy groups -OCH3 is 1. The van der Waals surface area contributed by atoms with Gasteiger partial charge in [0.25, 0.3) is 11.9 Å². The Kier molecular flexibility index (Phi) is 7.41. The van der Waals surface area contributed by atoms with E-state index in [0.29, 0.717) is 12.8 Å². The third kappa shape index (κ3) is 4.97. The van der Waals surface area contributed by atoms with Gasteiger partial charge in [-0.3, -0.25) is 4.68 Å². The van der Waals surface area contributed by atoms with Gasteiger partial charge in [0.15, 0.2) is 11.0 Å². The van der Waals surface area contributed by atoms with Gasteiger partial charge in [-0.25, -0.2) is 14.5 Å². The van der Waals surface area contributed by atoms with E-state index >= 15 is 0 Å². The molecule has 34 heavy (non-hydrogen) atoms. The second-order valence-electron chi connectivity index (χ2n) is 7.86. The van der Waals surface area contributed by atoms with Crippen LogP contribution in [0, 0.1) is 17.8 Å². The molecule has 0 atom stereocenters. The first-order chi connectivity index (χ1) is 15.7. The van der Waals surface area contributed by atoms with E-state index in [1.165, 1.54) is 28.9 Å². The number of nitrogens with zero attached hydrogens (tertiary/aromatic N) is 6. The van der Waals surface area contributed by atoms with Gasteiger partial charge in [0.1, 0.15) is 0 Å². The number of aromatic nitrogens is 6. The molecule has 3 heterocycles. The number of alkyl halides is 3. The van der Waals surface area contributed by atoms with Crippen LogP contribution in [0.4, 0.5) is 17.6 Å². The zero-order valence-electron chi connectivity index (χ0n) is 18.0. The Morgan fingerprint density at radius 1 is 1.21 bits per heavy atom. The number of ether oxygens (including phenoxy) is 2. The molecule has 0 aliphatic heterocycles. The number of hydrogen-bond acceptors (Lipinski definition) is 7.